The van der Waals surface area contributed by atoms with Gasteiger partial charge in [0.15, 0.2) is 0 Å². The Balaban J connectivity index is 0.000001000. The van der Waals surface area contributed by atoms with Gasteiger partial charge in [-0.15, -0.1) is 0 Å². The van der Waals surface area contributed by atoms with Crippen LogP contribution in [0.2, 0.25) is 0 Å². The van der Waals surface area contributed by atoms with Gasteiger partial charge in [-0.2, -0.15) is 0 Å². The zero-order valence-electron chi connectivity index (χ0n) is 6.84. The van der Waals surface area contributed by atoms with E-state index >= 15 is 0 Å². The maximum atomic E-state index is 2.42. The molecule has 0 aromatic carbocycles. The smallest absolute Gasteiger partial charge is 0.0172 e. The van der Waals surface area contributed by atoms with Crippen LogP contribution >= 0.6 is 0 Å². The lowest BCUT2D eigenvalue weighted by Crippen LogP contribution is -2.23. The Hall–Kier alpha value is -0.460. The molecule has 0 atom stereocenters. The molecule has 0 bridgehead atoms. The topological polar surface area (TPSA) is 3.24 Å². The maximum Gasteiger partial charge on any atom is 0.0172 e. The number of allylic oxidation sites excluding steroid dienone is 1. The van der Waals surface area contributed by atoms with Gasteiger partial charge in [0.05, 0.1) is 0 Å². The van der Waals surface area contributed by atoms with Crippen molar-refractivity contribution in [3.8, 4) is 0 Å². The largest absolute Gasteiger partial charge is 0.378 e. The quantitative estimate of drug-likeness (QED) is 0.592. The molecule has 0 unspecified atom stereocenters. The van der Waals surface area contributed by atoms with E-state index in [4.69, 9.17) is 0 Å². The fourth-order valence-corrected chi connectivity index (χ4v) is 1.32. The predicted molar refractivity (Wildman–Crippen MR) is 51.6 cm³/mol. The second kappa shape index (κ2) is 6.26. The fraction of sp³-hybridized carbons (Fsp3) is 0.800. The summed E-state index contributed by atoms with van der Waals surface area (Å²) in [6.45, 7) is 4.73. The zero-order valence-corrected chi connectivity index (χ0v) is 6.84. The highest BCUT2D eigenvalue weighted by Gasteiger charge is 2.03. The van der Waals surface area contributed by atoms with Crippen molar-refractivity contribution in [3.63, 3.8) is 0 Å². The Kier molecular flexibility index (Phi) is 6.00. The molecule has 11 heavy (non-hydrogen) atoms. The molecule has 0 aromatic heterocycles. The number of hydrogen-bond acceptors (Lipinski definition) is 1. The SMILES string of the molecule is C.CCC=CN1CCCCC1. The normalized spacial score (nSPS) is 18.5. The predicted octanol–water partition coefficient (Wildman–Crippen LogP) is 3.03. The molecule has 66 valence electrons. The van der Waals surface area contributed by atoms with Gasteiger partial charge in [-0.25, -0.2) is 0 Å². The van der Waals surface area contributed by atoms with Crippen molar-refractivity contribution in [3.05, 3.63) is 12.3 Å². The number of likely N-dealkylation sites (tertiary alicyclic amines) is 1. The van der Waals surface area contributed by atoms with Crippen LogP contribution in [0.3, 0.4) is 0 Å². The summed E-state index contributed by atoms with van der Waals surface area (Å²) >= 11 is 0. The number of hydrogen-bond donors (Lipinski definition) is 0. The van der Waals surface area contributed by atoms with E-state index in [1.165, 1.54) is 32.4 Å². The molecule has 1 nitrogen and oxygen atoms in total. The van der Waals surface area contributed by atoms with Gasteiger partial charge in [0, 0.05) is 13.1 Å². The fourth-order valence-electron chi connectivity index (χ4n) is 1.32. The van der Waals surface area contributed by atoms with Gasteiger partial charge in [0.2, 0.25) is 0 Å². The monoisotopic (exact) mass is 155 g/mol. The molecule has 0 saturated carbocycles. The van der Waals surface area contributed by atoms with Gasteiger partial charge in [-0.05, 0) is 31.9 Å². The van der Waals surface area contributed by atoms with Crippen molar-refractivity contribution in [1.29, 1.82) is 0 Å². The molecule has 1 heteroatoms. The molecule has 0 aliphatic carbocycles. The third kappa shape index (κ3) is 4.07. The Morgan fingerprint density at radius 2 is 1.82 bits per heavy atom. The first-order valence-corrected chi connectivity index (χ1v) is 4.34. The van der Waals surface area contributed by atoms with Gasteiger partial charge in [-0.3, -0.25) is 0 Å². The Morgan fingerprint density at radius 1 is 1.18 bits per heavy atom. The average Bonchev–Trinajstić information content (AvgIpc) is 2.03. The van der Waals surface area contributed by atoms with Crippen LogP contribution in [0.4, 0.5) is 0 Å². The third-order valence-electron chi connectivity index (χ3n) is 1.94. The number of rotatable bonds is 2. The summed E-state index contributed by atoms with van der Waals surface area (Å²) < 4.78 is 0. The standard InChI is InChI=1S/C9H17N.CH4/c1-2-3-7-10-8-5-4-6-9-10;/h3,7H,2,4-6,8-9H2,1H3;1H4. The van der Waals surface area contributed by atoms with Crippen molar-refractivity contribution in [2.24, 2.45) is 0 Å². The molecule has 1 aliphatic rings. The van der Waals surface area contributed by atoms with Crippen LogP contribution in [-0.2, 0) is 0 Å². The Labute approximate surface area is 71.1 Å². The first kappa shape index (κ1) is 10.5. The van der Waals surface area contributed by atoms with E-state index in [9.17, 15) is 0 Å². The molecule has 1 fully saturated rings. The van der Waals surface area contributed by atoms with E-state index in [-0.39, 0.29) is 7.43 Å². The van der Waals surface area contributed by atoms with E-state index in [1.54, 1.807) is 0 Å². The van der Waals surface area contributed by atoms with Crippen molar-refractivity contribution < 1.29 is 0 Å². The summed E-state index contributed by atoms with van der Waals surface area (Å²) in [5, 5.41) is 0. The van der Waals surface area contributed by atoms with Gasteiger partial charge in [0.1, 0.15) is 0 Å². The lowest BCUT2D eigenvalue weighted by atomic mass is 10.1. The van der Waals surface area contributed by atoms with Gasteiger partial charge < -0.3 is 4.90 Å². The summed E-state index contributed by atoms with van der Waals surface area (Å²) in [6, 6.07) is 0. The molecule has 1 heterocycles. The molecule has 1 saturated heterocycles. The van der Waals surface area contributed by atoms with Crippen molar-refractivity contribution in [1.82, 2.24) is 4.90 Å². The minimum atomic E-state index is 0. The second-order valence-corrected chi connectivity index (χ2v) is 2.89. The summed E-state index contributed by atoms with van der Waals surface area (Å²) in [4.78, 5) is 2.42. The number of nitrogens with zero attached hydrogens (tertiary/aromatic N) is 1. The second-order valence-electron chi connectivity index (χ2n) is 2.89. The van der Waals surface area contributed by atoms with Gasteiger partial charge in [-0.1, -0.05) is 20.4 Å². The van der Waals surface area contributed by atoms with Crippen LogP contribution in [0.15, 0.2) is 12.3 Å². The first-order chi connectivity index (χ1) is 4.93. The van der Waals surface area contributed by atoms with Gasteiger partial charge in [0.25, 0.3) is 0 Å². The minimum Gasteiger partial charge on any atom is -0.378 e. The van der Waals surface area contributed by atoms with Crippen LogP contribution in [0, 0.1) is 0 Å². The maximum absolute atomic E-state index is 2.42. The highest BCUT2D eigenvalue weighted by atomic mass is 15.1. The van der Waals surface area contributed by atoms with E-state index < -0.39 is 0 Å². The molecular formula is C10H21N. The van der Waals surface area contributed by atoms with E-state index in [0.717, 1.165) is 6.42 Å². The average molecular weight is 155 g/mol. The number of piperidine rings is 1. The summed E-state index contributed by atoms with van der Waals surface area (Å²) in [5.74, 6) is 0. The van der Waals surface area contributed by atoms with E-state index in [0.29, 0.717) is 0 Å². The highest BCUT2D eigenvalue weighted by molar-refractivity contribution is 4.82. The van der Waals surface area contributed by atoms with E-state index in [1.807, 2.05) is 0 Å². The highest BCUT2D eigenvalue weighted by Crippen LogP contribution is 2.08. The van der Waals surface area contributed by atoms with Crippen LogP contribution in [0.5, 0.6) is 0 Å². The van der Waals surface area contributed by atoms with Crippen molar-refractivity contribution in [2.75, 3.05) is 13.1 Å². The molecule has 0 radical (unpaired) electrons. The Morgan fingerprint density at radius 3 is 2.36 bits per heavy atom. The zero-order chi connectivity index (χ0) is 7.23. The molecule has 0 spiro atoms. The molecule has 0 aromatic rings. The molecular weight excluding hydrogens is 134 g/mol. The van der Waals surface area contributed by atoms with Crippen LogP contribution in [0.25, 0.3) is 0 Å². The van der Waals surface area contributed by atoms with Crippen molar-refractivity contribution in [2.45, 2.75) is 40.0 Å². The van der Waals surface area contributed by atoms with Crippen LogP contribution in [-0.4, -0.2) is 18.0 Å². The van der Waals surface area contributed by atoms with E-state index in [2.05, 4.69) is 24.1 Å². The molecule has 0 N–H and O–H groups in total. The van der Waals surface area contributed by atoms with Crippen LogP contribution < -0.4 is 0 Å². The minimum absolute atomic E-state index is 0. The summed E-state index contributed by atoms with van der Waals surface area (Å²) in [7, 11) is 0. The Bertz CT molecular complexity index is 101. The van der Waals surface area contributed by atoms with Crippen LogP contribution in [0.1, 0.15) is 40.0 Å². The lowest BCUT2D eigenvalue weighted by Gasteiger charge is -2.24. The molecule has 1 rings (SSSR count). The third-order valence-corrected chi connectivity index (χ3v) is 1.94. The molecule has 1 aliphatic heterocycles. The lowest BCUT2D eigenvalue weighted by molar-refractivity contribution is 0.309. The summed E-state index contributed by atoms with van der Waals surface area (Å²) in [5.41, 5.74) is 0. The summed E-state index contributed by atoms with van der Waals surface area (Å²) in [6.07, 6.45) is 9.85. The van der Waals surface area contributed by atoms with Gasteiger partial charge >= 0.3 is 0 Å². The van der Waals surface area contributed by atoms with Crippen molar-refractivity contribution >= 4 is 0 Å². The molecule has 0 amide bonds. The first-order valence-electron chi connectivity index (χ1n) is 4.34.